The highest BCUT2D eigenvalue weighted by molar-refractivity contribution is 7.12. The van der Waals surface area contributed by atoms with Gasteiger partial charge in [0.2, 0.25) is 0 Å². The number of hydrogen-bond donors (Lipinski definition) is 1. The van der Waals surface area contributed by atoms with Gasteiger partial charge in [-0.2, -0.15) is 0 Å². The summed E-state index contributed by atoms with van der Waals surface area (Å²) >= 11 is 1.68. The van der Waals surface area contributed by atoms with Crippen molar-refractivity contribution < 1.29 is 4.39 Å². The third-order valence-corrected chi connectivity index (χ3v) is 4.30. The summed E-state index contributed by atoms with van der Waals surface area (Å²) in [4.78, 5) is 2.36. The van der Waals surface area contributed by atoms with E-state index in [0.29, 0.717) is 0 Å². The minimum atomic E-state index is -0.233. The highest BCUT2D eigenvalue weighted by atomic mass is 32.1. The lowest BCUT2D eigenvalue weighted by Crippen LogP contribution is -2.12. The number of nitrogens with two attached hydrogens (primary N) is 1. The lowest BCUT2D eigenvalue weighted by molar-refractivity contribution is 0.623. The maximum Gasteiger partial charge on any atom is 0.123 e. The van der Waals surface area contributed by atoms with Gasteiger partial charge in [-0.15, -0.1) is 11.3 Å². The molecule has 1 aromatic heterocycles. The van der Waals surface area contributed by atoms with Crippen molar-refractivity contribution >= 4 is 11.3 Å². The molecule has 1 atom stereocenters. The van der Waals surface area contributed by atoms with Gasteiger partial charge >= 0.3 is 0 Å². The number of aryl methyl sites for hydroxylation is 3. The van der Waals surface area contributed by atoms with Crippen LogP contribution in [0.5, 0.6) is 0 Å². The zero-order chi connectivity index (χ0) is 12.6. The second-order valence-electron chi connectivity index (χ2n) is 4.37. The molecule has 0 bridgehead atoms. The molecule has 0 radical (unpaired) electrons. The van der Waals surface area contributed by atoms with Crippen LogP contribution in [0.2, 0.25) is 0 Å². The molecule has 2 rings (SSSR count). The van der Waals surface area contributed by atoms with Crippen LogP contribution in [0.15, 0.2) is 24.3 Å². The van der Waals surface area contributed by atoms with Crippen LogP contribution in [0.3, 0.4) is 0 Å². The van der Waals surface area contributed by atoms with Gasteiger partial charge in [-0.05, 0) is 55.7 Å². The second-order valence-corrected chi connectivity index (χ2v) is 5.65. The van der Waals surface area contributed by atoms with Crippen LogP contribution in [0.4, 0.5) is 4.39 Å². The number of thiophene rings is 1. The van der Waals surface area contributed by atoms with E-state index in [9.17, 15) is 4.39 Å². The quantitative estimate of drug-likeness (QED) is 0.859. The van der Waals surface area contributed by atoms with Crippen molar-refractivity contribution in [3.05, 3.63) is 56.5 Å². The van der Waals surface area contributed by atoms with Crippen LogP contribution in [-0.2, 0) is 0 Å². The molecule has 1 nitrogen and oxygen atoms in total. The summed E-state index contributed by atoms with van der Waals surface area (Å²) < 4.78 is 13.3. The average Bonchev–Trinajstić information content (AvgIpc) is 2.62. The fraction of sp³-hybridized carbons (Fsp3) is 0.286. The number of hydrogen-bond acceptors (Lipinski definition) is 2. The molecule has 0 aliphatic rings. The van der Waals surface area contributed by atoms with Crippen LogP contribution < -0.4 is 5.73 Å². The van der Waals surface area contributed by atoms with E-state index in [-0.39, 0.29) is 11.9 Å². The standard InChI is InChI=1S/C14H16FNS/c1-8-4-5-11(15)7-12(8)14(16)13-6-9(2)10(3)17-13/h4-7,14H,16H2,1-3H3. The molecular weight excluding hydrogens is 233 g/mol. The summed E-state index contributed by atoms with van der Waals surface area (Å²) in [5, 5.41) is 0. The zero-order valence-corrected chi connectivity index (χ0v) is 11.1. The topological polar surface area (TPSA) is 26.0 Å². The highest BCUT2D eigenvalue weighted by Gasteiger charge is 2.15. The Morgan fingerprint density at radius 2 is 1.82 bits per heavy atom. The predicted molar refractivity (Wildman–Crippen MR) is 71.0 cm³/mol. The van der Waals surface area contributed by atoms with Crippen LogP contribution >= 0.6 is 11.3 Å². The van der Waals surface area contributed by atoms with Gasteiger partial charge in [0, 0.05) is 9.75 Å². The van der Waals surface area contributed by atoms with Crippen molar-refractivity contribution in [2.75, 3.05) is 0 Å². The summed E-state index contributed by atoms with van der Waals surface area (Å²) in [5.41, 5.74) is 9.35. The van der Waals surface area contributed by atoms with Crippen LogP contribution in [-0.4, -0.2) is 0 Å². The third-order valence-electron chi connectivity index (χ3n) is 3.07. The average molecular weight is 249 g/mol. The first-order valence-corrected chi connectivity index (χ1v) is 6.39. The Hall–Kier alpha value is -1.19. The molecule has 0 saturated heterocycles. The van der Waals surface area contributed by atoms with Crippen LogP contribution in [0.25, 0.3) is 0 Å². The molecule has 0 aliphatic carbocycles. The Balaban J connectivity index is 2.42. The third kappa shape index (κ3) is 2.40. The first-order valence-electron chi connectivity index (χ1n) is 5.57. The molecule has 0 spiro atoms. The molecule has 2 N–H and O–H groups in total. The Labute approximate surface area is 105 Å². The van der Waals surface area contributed by atoms with E-state index in [0.717, 1.165) is 16.0 Å². The lowest BCUT2D eigenvalue weighted by atomic mass is 10.0. The summed E-state index contributed by atoms with van der Waals surface area (Å²) in [7, 11) is 0. The minimum absolute atomic E-state index is 0.231. The number of halogens is 1. The molecule has 1 heterocycles. The first kappa shape index (κ1) is 12.3. The molecule has 90 valence electrons. The van der Waals surface area contributed by atoms with Crippen LogP contribution in [0, 0.1) is 26.6 Å². The Morgan fingerprint density at radius 3 is 2.41 bits per heavy atom. The summed E-state index contributed by atoms with van der Waals surface area (Å²) in [6, 6.07) is 6.64. The van der Waals surface area contributed by atoms with Crippen molar-refractivity contribution in [3.8, 4) is 0 Å². The fourth-order valence-corrected chi connectivity index (χ4v) is 2.92. The minimum Gasteiger partial charge on any atom is -0.320 e. The van der Waals surface area contributed by atoms with Crippen molar-refractivity contribution in [1.29, 1.82) is 0 Å². The van der Waals surface area contributed by atoms with E-state index in [1.807, 2.05) is 6.92 Å². The van der Waals surface area contributed by atoms with E-state index in [1.54, 1.807) is 17.4 Å². The Morgan fingerprint density at radius 1 is 1.12 bits per heavy atom. The van der Waals surface area contributed by atoms with E-state index in [2.05, 4.69) is 19.9 Å². The molecule has 0 amide bonds. The second kappa shape index (κ2) is 4.59. The largest absolute Gasteiger partial charge is 0.320 e. The van der Waals surface area contributed by atoms with E-state index in [4.69, 9.17) is 5.73 Å². The maximum atomic E-state index is 13.3. The van der Waals surface area contributed by atoms with E-state index < -0.39 is 0 Å². The zero-order valence-electron chi connectivity index (χ0n) is 10.3. The summed E-state index contributed by atoms with van der Waals surface area (Å²) in [6.07, 6.45) is 0. The Kier molecular flexibility index (Phi) is 3.31. The fourth-order valence-electron chi connectivity index (χ4n) is 1.85. The van der Waals surface area contributed by atoms with Gasteiger partial charge < -0.3 is 5.73 Å². The summed E-state index contributed by atoms with van der Waals surface area (Å²) in [5.74, 6) is -0.231. The Bertz CT molecular complexity index is 526. The monoisotopic (exact) mass is 249 g/mol. The van der Waals surface area contributed by atoms with Gasteiger partial charge in [0.15, 0.2) is 0 Å². The van der Waals surface area contributed by atoms with Gasteiger partial charge in [-0.25, -0.2) is 4.39 Å². The molecule has 0 aliphatic heterocycles. The van der Waals surface area contributed by atoms with E-state index in [1.165, 1.54) is 22.6 Å². The van der Waals surface area contributed by atoms with Crippen molar-refractivity contribution in [2.45, 2.75) is 26.8 Å². The number of benzene rings is 1. The molecule has 1 aromatic carbocycles. The smallest absolute Gasteiger partial charge is 0.123 e. The first-order chi connectivity index (χ1) is 7.99. The molecule has 1 unspecified atom stereocenters. The number of rotatable bonds is 2. The molecule has 0 fully saturated rings. The van der Waals surface area contributed by atoms with Crippen molar-refractivity contribution in [2.24, 2.45) is 5.73 Å². The predicted octanol–water partition coefficient (Wildman–Crippen LogP) is 3.86. The van der Waals surface area contributed by atoms with Crippen molar-refractivity contribution in [3.63, 3.8) is 0 Å². The molecule has 3 heteroatoms. The van der Waals surface area contributed by atoms with Crippen molar-refractivity contribution in [1.82, 2.24) is 0 Å². The highest BCUT2D eigenvalue weighted by Crippen LogP contribution is 2.30. The molecular formula is C14H16FNS. The molecule has 17 heavy (non-hydrogen) atoms. The van der Waals surface area contributed by atoms with Gasteiger partial charge in [0.05, 0.1) is 6.04 Å². The van der Waals surface area contributed by atoms with Gasteiger partial charge in [-0.3, -0.25) is 0 Å². The SMILES string of the molecule is Cc1ccc(F)cc1C(N)c1cc(C)c(C)s1. The van der Waals surface area contributed by atoms with Gasteiger partial charge in [0.25, 0.3) is 0 Å². The van der Waals surface area contributed by atoms with E-state index >= 15 is 0 Å². The molecule has 0 saturated carbocycles. The maximum absolute atomic E-state index is 13.3. The molecule has 2 aromatic rings. The van der Waals surface area contributed by atoms with Gasteiger partial charge in [-0.1, -0.05) is 6.07 Å². The lowest BCUT2D eigenvalue weighted by Gasteiger charge is -2.13. The summed E-state index contributed by atoms with van der Waals surface area (Å²) in [6.45, 7) is 6.11. The normalized spacial score (nSPS) is 12.8. The van der Waals surface area contributed by atoms with Gasteiger partial charge in [0.1, 0.15) is 5.82 Å². The van der Waals surface area contributed by atoms with Crippen LogP contribution in [0.1, 0.15) is 32.5 Å².